The Kier molecular flexibility index (Phi) is 7.64. The molecule has 1 aliphatic rings. The second kappa shape index (κ2) is 10.4. The molecule has 3 N–H and O–H groups in total. The van der Waals surface area contributed by atoms with Crippen LogP contribution >= 0.6 is 0 Å². The van der Waals surface area contributed by atoms with Gasteiger partial charge in [-0.3, -0.25) is 4.79 Å². The fourth-order valence-corrected chi connectivity index (χ4v) is 3.36. The Hall–Kier alpha value is -3.77. The first-order chi connectivity index (χ1) is 16.0. The number of aromatic nitrogens is 4. The topological polar surface area (TPSA) is 113 Å². The Balaban J connectivity index is 0.000000406. The lowest BCUT2D eigenvalue weighted by Crippen LogP contribution is -2.40. The standard InChI is InChI=1S/C19H19F2N5O.C2HF3O2/c20-12-1-4-15(16(21)7-12)17-10-26-9-14(2-5-18(26)25-17)24-19(27)6-3-13-8-22-11-23-13;3-2(4,5)1(6)7/h1,4,7-8,10-11,14H,2-3,5-6,9H2,(H,22,23)(H,24,27);(H,6,7). The number of alkyl halides is 3. The molecule has 1 aliphatic heterocycles. The number of benzene rings is 1. The molecular formula is C21H20F5N5O3. The summed E-state index contributed by atoms with van der Waals surface area (Å²) in [7, 11) is 0. The van der Waals surface area contributed by atoms with Gasteiger partial charge in [-0.15, -0.1) is 0 Å². The number of aryl methyl sites for hydroxylation is 2. The highest BCUT2D eigenvalue weighted by Gasteiger charge is 2.38. The third-order valence-corrected chi connectivity index (χ3v) is 4.98. The van der Waals surface area contributed by atoms with Crippen molar-refractivity contribution in [3.8, 4) is 11.3 Å². The molecule has 1 amide bonds. The number of carboxylic acids is 1. The monoisotopic (exact) mass is 485 g/mol. The van der Waals surface area contributed by atoms with Crippen molar-refractivity contribution in [2.75, 3.05) is 0 Å². The third-order valence-electron chi connectivity index (χ3n) is 4.98. The zero-order valence-electron chi connectivity index (χ0n) is 17.6. The first-order valence-corrected chi connectivity index (χ1v) is 10.1. The van der Waals surface area contributed by atoms with E-state index >= 15 is 0 Å². The van der Waals surface area contributed by atoms with Crippen LogP contribution in [-0.4, -0.2) is 48.7 Å². The lowest BCUT2D eigenvalue weighted by molar-refractivity contribution is -0.192. The van der Waals surface area contributed by atoms with Crippen molar-refractivity contribution in [3.63, 3.8) is 0 Å². The highest BCUT2D eigenvalue weighted by Crippen LogP contribution is 2.25. The molecule has 182 valence electrons. The molecule has 2 aromatic heterocycles. The van der Waals surface area contributed by atoms with Gasteiger partial charge in [0.1, 0.15) is 17.5 Å². The number of hydrogen-bond donors (Lipinski definition) is 3. The number of halogens is 5. The van der Waals surface area contributed by atoms with Gasteiger partial charge in [0.15, 0.2) is 0 Å². The molecular weight excluding hydrogens is 465 g/mol. The van der Waals surface area contributed by atoms with Crippen LogP contribution in [0.3, 0.4) is 0 Å². The molecule has 0 bridgehead atoms. The van der Waals surface area contributed by atoms with E-state index in [0.717, 1.165) is 24.0 Å². The molecule has 0 radical (unpaired) electrons. The molecule has 0 aliphatic carbocycles. The van der Waals surface area contributed by atoms with Gasteiger partial charge >= 0.3 is 12.1 Å². The van der Waals surface area contributed by atoms with E-state index in [1.165, 1.54) is 12.1 Å². The Bertz CT molecular complexity index is 1140. The van der Waals surface area contributed by atoms with Gasteiger partial charge in [-0.2, -0.15) is 13.2 Å². The molecule has 0 saturated heterocycles. The molecule has 0 saturated carbocycles. The summed E-state index contributed by atoms with van der Waals surface area (Å²) >= 11 is 0. The largest absolute Gasteiger partial charge is 0.490 e. The van der Waals surface area contributed by atoms with Crippen molar-refractivity contribution < 1.29 is 36.6 Å². The lowest BCUT2D eigenvalue weighted by Gasteiger charge is -2.24. The van der Waals surface area contributed by atoms with Crippen LogP contribution in [0.5, 0.6) is 0 Å². The highest BCUT2D eigenvalue weighted by molar-refractivity contribution is 5.76. The molecule has 34 heavy (non-hydrogen) atoms. The predicted octanol–water partition coefficient (Wildman–Crippen LogP) is 3.25. The zero-order chi connectivity index (χ0) is 24.9. The molecule has 4 rings (SSSR count). The van der Waals surface area contributed by atoms with E-state index in [-0.39, 0.29) is 17.5 Å². The average molecular weight is 485 g/mol. The minimum absolute atomic E-state index is 0.00637. The predicted molar refractivity (Wildman–Crippen MR) is 108 cm³/mol. The van der Waals surface area contributed by atoms with Crippen LogP contribution in [0, 0.1) is 11.6 Å². The Morgan fingerprint density at radius 1 is 1.26 bits per heavy atom. The number of nitrogens with zero attached hydrogens (tertiary/aromatic N) is 3. The number of fused-ring (bicyclic) bond motifs is 1. The summed E-state index contributed by atoms with van der Waals surface area (Å²) < 4.78 is 60.8. The number of nitrogens with one attached hydrogen (secondary N) is 2. The number of aliphatic carboxylic acids is 1. The molecule has 13 heteroatoms. The van der Waals surface area contributed by atoms with Crippen molar-refractivity contribution in [2.45, 2.75) is 44.4 Å². The Morgan fingerprint density at radius 3 is 2.62 bits per heavy atom. The van der Waals surface area contributed by atoms with E-state index in [2.05, 4.69) is 20.3 Å². The fourth-order valence-electron chi connectivity index (χ4n) is 3.36. The molecule has 0 spiro atoms. The summed E-state index contributed by atoms with van der Waals surface area (Å²) in [6.07, 6.45) is 2.45. The lowest BCUT2D eigenvalue weighted by atomic mass is 10.1. The average Bonchev–Trinajstić information content (AvgIpc) is 3.41. The summed E-state index contributed by atoms with van der Waals surface area (Å²) in [4.78, 5) is 32.4. The second-order valence-electron chi connectivity index (χ2n) is 7.50. The van der Waals surface area contributed by atoms with Crippen molar-refractivity contribution in [2.24, 2.45) is 0 Å². The van der Waals surface area contributed by atoms with E-state index in [1.807, 2.05) is 4.57 Å². The fraction of sp³-hybridized carbons (Fsp3) is 0.333. The molecule has 1 atom stereocenters. The minimum Gasteiger partial charge on any atom is -0.475 e. The number of carbonyl (C=O) groups excluding carboxylic acids is 1. The third kappa shape index (κ3) is 6.62. The number of H-pyrrole nitrogens is 1. The molecule has 1 unspecified atom stereocenters. The maximum absolute atomic E-state index is 14.0. The summed E-state index contributed by atoms with van der Waals surface area (Å²) in [5.74, 6) is -3.17. The smallest absolute Gasteiger partial charge is 0.475 e. The normalized spacial score (nSPS) is 15.1. The van der Waals surface area contributed by atoms with Crippen molar-refractivity contribution >= 4 is 11.9 Å². The van der Waals surface area contributed by atoms with E-state index in [1.54, 1.807) is 18.7 Å². The van der Waals surface area contributed by atoms with Crippen LogP contribution in [0.25, 0.3) is 11.3 Å². The van der Waals surface area contributed by atoms with Gasteiger partial charge in [0, 0.05) is 55.1 Å². The molecule has 8 nitrogen and oxygen atoms in total. The maximum atomic E-state index is 14.0. The Labute approximate surface area is 189 Å². The van der Waals surface area contributed by atoms with Gasteiger partial charge in [-0.25, -0.2) is 23.5 Å². The Morgan fingerprint density at radius 2 is 2.00 bits per heavy atom. The van der Waals surface area contributed by atoms with Crippen molar-refractivity contribution in [1.82, 2.24) is 24.8 Å². The first kappa shape index (κ1) is 24.9. The van der Waals surface area contributed by atoms with Crippen LogP contribution in [0.1, 0.15) is 24.4 Å². The number of carbonyl (C=O) groups is 2. The minimum atomic E-state index is -5.08. The maximum Gasteiger partial charge on any atom is 0.490 e. The number of carboxylic acid groups (broad SMARTS) is 1. The van der Waals surface area contributed by atoms with Crippen molar-refractivity contribution in [3.05, 3.63) is 60.1 Å². The zero-order valence-corrected chi connectivity index (χ0v) is 17.6. The first-order valence-electron chi connectivity index (χ1n) is 10.1. The highest BCUT2D eigenvalue weighted by atomic mass is 19.4. The van der Waals surface area contributed by atoms with Crippen LogP contribution in [0.15, 0.2) is 36.9 Å². The number of rotatable bonds is 5. The van der Waals surface area contributed by atoms with Crippen molar-refractivity contribution in [1.29, 1.82) is 0 Å². The van der Waals surface area contributed by atoms with Gasteiger partial charge < -0.3 is 20.0 Å². The number of imidazole rings is 2. The van der Waals surface area contributed by atoms with Crippen LogP contribution < -0.4 is 5.32 Å². The van der Waals surface area contributed by atoms with Crippen LogP contribution in [-0.2, 0) is 29.0 Å². The van der Waals surface area contributed by atoms with Gasteiger partial charge in [0.05, 0.1) is 12.0 Å². The van der Waals surface area contributed by atoms with Crippen LogP contribution in [0.4, 0.5) is 22.0 Å². The van der Waals surface area contributed by atoms with Gasteiger partial charge in [-0.1, -0.05) is 0 Å². The van der Waals surface area contributed by atoms with Crippen LogP contribution in [0.2, 0.25) is 0 Å². The van der Waals surface area contributed by atoms with E-state index in [4.69, 9.17) is 9.90 Å². The van der Waals surface area contributed by atoms with Gasteiger partial charge in [-0.05, 0) is 25.0 Å². The van der Waals surface area contributed by atoms with E-state index in [0.29, 0.717) is 31.5 Å². The quantitative estimate of drug-likeness (QED) is 0.481. The SMILES string of the molecule is O=C(CCc1cnc[nH]1)NC1CCc2nc(-c3ccc(F)cc3F)cn2C1.O=C(O)C(F)(F)F. The second-order valence-corrected chi connectivity index (χ2v) is 7.50. The molecule has 0 fully saturated rings. The van der Waals surface area contributed by atoms with E-state index < -0.39 is 23.8 Å². The molecule has 3 aromatic rings. The van der Waals surface area contributed by atoms with E-state index in [9.17, 15) is 26.7 Å². The summed E-state index contributed by atoms with van der Waals surface area (Å²) in [5.41, 5.74) is 1.68. The number of hydrogen-bond acceptors (Lipinski definition) is 4. The summed E-state index contributed by atoms with van der Waals surface area (Å²) in [5, 5.41) is 10.2. The summed E-state index contributed by atoms with van der Waals surface area (Å²) in [6, 6.07) is 3.48. The summed E-state index contributed by atoms with van der Waals surface area (Å²) in [6.45, 7) is 0.584. The van der Waals surface area contributed by atoms with Gasteiger partial charge in [0.25, 0.3) is 0 Å². The molecule has 1 aromatic carbocycles. The molecule has 3 heterocycles. The number of aromatic amines is 1. The van der Waals surface area contributed by atoms with Gasteiger partial charge in [0.2, 0.25) is 5.91 Å². The number of amides is 1.